The van der Waals surface area contributed by atoms with E-state index >= 15 is 0 Å². The molecular formula is C25H34N4O4S2. The fourth-order valence-corrected chi connectivity index (χ4v) is 8.60. The van der Waals surface area contributed by atoms with E-state index in [-0.39, 0.29) is 33.3 Å². The fourth-order valence-electron chi connectivity index (χ4n) is 6.39. The number of likely N-dealkylation sites (tertiary alicyclic amines) is 1. The summed E-state index contributed by atoms with van der Waals surface area (Å²) in [6.07, 6.45) is 6.10. The first-order chi connectivity index (χ1) is 16.5. The molecule has 35 heavy (non-hydrogen) atoms. The molecule has 3 fully saturated rings. The maximum atomic E-state index is 13.0. The number of aromatic nitrogens is 2. The summed E-state index contributed by atoms with van der Waals surface area (Å²) >= 11 is 1.24. The third-order valence-corrected chi connectivity index (χ3v) is 10.2. The van der Waals surface area contributed by atoms with Crippen molar-refractivity contribution in [1.82, 2.24) is 19.4 Å². The smallest absolute Gasteiger partial charge is 0.277 e. The standard InChI is InChI=1S/C25H34N4O4S2/c1-24(2)13-19-14-25(3,16-24)17-29(19)21(30)15-34-23-27-26-22(33-23)18-8-7-9-20(12-18)35(31,32)28-10-5-4-6-11-28/h7-9,12,19H,4-6,10-11,13-17H2,1-3H3/t19-,25-/m0/s1. The summed E-state index contributed by atoms with van der Waals surface area (Å²) in [4.78, 5) is 15.3. The van der Waals surface area contributed by atoms with Crippen LogP contribution in [-0.4, -0.2) is 65.2 Å². The molecule has 2 saturated heterocycles. The second kappa shape index (κ2) is 9.19. The number of fused-ring (bicyclic) bond motifs is 2. The number of nitrogens with zero attached hydrogens (tertiary/aromatic N) is 4. The highest BCUT2D eigenvalue weighted by Crippen LogP contribution is 2.52. The van der Waals surface area contributed by atoms with Crippen LogP contribution in [0.3, 0.4) is 0 Å². The number of rotatable bonds is 6. The Morgan fingerprint density at radius 3 is 2.69 bits per heavy atom. The number of carbonyl (C=O) groups is 1. The molecule has 0 spiro atoms. The van der Waals surface area contributed by atoms with Gasteiger partial charge in [-0.2, -0.15) is 4.31 Å². The Morgan fingerprint density at radius 1 is 1.14 bits per heavy atom. The highest BCUT2D eigenvalue weighted by atomic mass is 32.2. The van der Waals surface area contributed by atoms with Crippen molar-refractivity contribution in [3.8, 4) is 11.5 Å². The van der Waals surface area contributed by atoms with E-state index in [4.69, 9.17) is 4.42 Å². The molecule has 2 bridgehead atoms. The second-order valence-electron chi connectivity index (χ2n) is 11.4. The average molecular weight is 519 g/mol. The van der Waals surface area contributed by atoms with Crippen molar-refractivity contribution < 1.29 is 17.6 Å². The molecule has 10 heteroatoms. The van der Waals surface area contributed by atoms with Crippen LogP contribution in [0.25, 0.3) is 11.5 Å². The predicted molar refractivity (Wildman–Crippen MR) is 134 cm³/mol. The Bertz CT molecular complexity index is 1210. The Morgan fingerprint density at radius 2 is 1.91 bits per heavy atom. The monoisotopic (exact) mass is 518 g/mol. The third kappa shape index (κ3) is 5.15. The molecule has 2 atom stereocenters. The van der Waals surface area contributed by atoms with Crippen molar-refractivity contribution in [2.45, 2.75) is 75.5 Å². The zero-order chi connectivity index (χ0) is 24.8. The van der Waals surface area contributed by atoms with Gasteiger partial charge in [0.25, 0.3) is 5.22 Å². The molecule has 1 aliphatic carbocycles. The Balaban J connectivity index is 1.24. The molecule has 1 amide bonds. The molecule has 5 rings (SSSR count). The van der Waals surface area contributed by atoms with Crippen molar-refractivity contribution in [3.05, 3.63) is 24.3 Å². The van der Waals surface area contributed by atoms with Gasteiger partial charge in [-0.15, -0.1) is 10.2 Å². The van der Waals surface area contributed by atoms with Gasteiger partial charge in [-0.05, 0) is 61.1 Å². The van der Waals surface area contributed by atoms with Crippen LogP contribution >= 0.6 is 11.8 Å². The van der Waals surface area contributed by atoms with Gasteiger partial charge in [0.15, 0.2) is 0 Å². The van der Waals surface area contributed by atoms with Gasteiger partial charge < -0.3 is 9.32 Å². The lowest BCUT2D eigenvalue weighted by molar-refractivity contribution is -0.129. The minimum atomic E-state index is -3.55. The summed E-state index contributed by atoms with van der Waals surface area (Å²) in [7, 11) is -3.55. The van der Waals surface area contributed by atoms with Crippen molar-refractivity contribution in [2.24, 2.45) is 10.8 Å². The normalized spacial score (nSPS) is 26.7. The molecule has 2 aromatic rings. The first-order valence-electron chi connectivity index (χ1n) is 12.4. The van der Waals surface area contributed by atoms with Crippen LogP contribution in [0.4, 0.5) is 0 Å². The van der Waals surface area contributed by atoms with Gasteiger partial charge in [-0.25, -0.2) is 8.42 Å². The van der Waals surface area contributed by atoms with Gasteiger partial charge in [0.05, 0.1) is 10.6 Å². The third-order valence-electron chi connectivity index (χ3n) is 7.49. The van der Waals surface area contributed by atoms with Gasteiger partial charge >= 0.3 is 0 Å². The average Bonchev–Trinajstić information content (AvgIpc) is 3.39. The molecule has 3 aliphatic rings. The van der Waals surface area contributed by atoms with Gasteiger partial charge in [0, 0.05) is 31.2 Å². The van der Waals surface area contributed by atoms with Crippen LogP contribution in [-0.2, 0) is 14.8 Å². The zero-order valence-corrected chi connectivity index (χ0v) is 22.3. The van der Waals surface area contributed by atoms with Crippen molar-refractivity contribution in [2.75, 3.05) is 25.4 Å². The van der Waals surface area contributed by atoms with Gasteiger partial charge in [0.2, 0.25) is 21.8 Å². The van der Waals surface area contributed by atoms with E-state index in [0.29, 0.717) is 29.9 Å². The maximum Gasteiger partial charge on any atom is 0.277 e. The summed E-state index contributed by atoms with van der Waals surface area (Å²) in [5.41, 5.74) is 1.01. The summed E-state index contributed by atoms with van der Waals surface area (Å²) in [5.74, 6) is 0.607. The van der Waals surface area contributed by atoms with Gasteiger partial charge in [-0.3, -0.25) is 4.79 Å². The van der Waals surface area contributed by atoms with Crippen molar-refractivity contribution in [3.63, 3.8) is 0 Å². The van der Waals surface area contributed by atoms with Crippen LogP contribution in [0.2, 0.25) is 0 Å². The fraction of sp³-hybridized carbons (Fsp3) is 0.640. The molecule has 1 aromatic carbocycles. The molecule has 8 nitrogen and oxygen atoms in total. The summed E-state index contributed by atoms with van der Waals surface area (Å²) in [5, 5.41) is 8.51. The first-order valence-corrected chi connectivity index (χ1v) is 14.8. The number of hydrogen-bond donors (Lipinski definition) is 0. The molecule has 2 aliphatic heterocycles. The largest absolute Gasteiger partial charge is 0.411 e. The summed E-state index contributed by atoms with van der Waals surface area (Å²) in [6.45, 7) is 8.81. The van der Waals surface area contributed by atoms with Crippen LogP contribution in [0, 0.1) is 10.8 Å². The molecule has 0 unspecified atom stereocenters. The highest BCUT2D eigenvalue weighted by Gasteiger charge is 2.50. The molecule has 1 aromatic heterocycles. The van der Waals surface area contributed by atoms with Crippen LogP contribution in [0.5, 0.6) is 0 Å². The van der Waals surface area contributed by atoms with E-state index in [0.717, 1.165) is 45.1 Å². The van der Waals surface area contributed by atoms with E-state index in [9.17, 15) is 13.2 Å². The number of thioether (sulfide) groups is 1. The lowest BCUT2D eigenvalue weighted by Crippen LogP contribution is -2.38. The van der Waals surface area contributed by atoms with Gasteiger partial charge in [-0.1, -0.05) is 45.0 Å². The van der Waals surface area contributed by atoms with E-state index < -0.39 is 10.0 Å². The minimum absolute atomic E-state index is 0.107. The van der Waals surface area contributed by atoms with Crippen LogP contribution < -0.4 is 0 Å². The zero-order valence-electron chi connectivity index (χ0n) is 20.7. The Labute approximate surface area is 211 Å². The first kappa shape index (κ1) is 24.8. The minimum Gasteiger partial charge on any atom is -0.411 e. The molecule has 0 radical (unpaired) electrons. The quantitative estimate of drug-likeness (QED) is 0.522. The number of sulfonamides is 1. The summed E-state index contributed by atoms with van der Waals surface area (Å²) in [6, 6.07) is 6.95. The molecule has 3 heterocycles. The van der Waals surface area contributed by atoms with E-state index in [2.05, 4.69) is 31.0 Å². The number of carbonyl (C=O) groups excluding carboxylic acids is 1. The van der Waals surface area contributed by atoms with Crippen LogP contribution in [0.1, 0.15) is 59.3 Å². The van der Waals surface area contributed by atoms with Crippen molar-refractivity contribution >= 4 is 27.7 Å². The number of amides is 1. The lowest BCUT2D eigenvalue weighted by Gasteiger charge is -2.39. The molecular weight excluding hydrogens is 484 g/mol. The molecule has 1 saturated carbocycles. The van der Waals surface area contributed by atoms with E-state index in [1.165, 1.54) is 11.8 Å². The van der Waals surface area contributed by atoms with E-state index in [1.807, 2.05) is 4.90 Å². The number of benzene rings is 1. The molecule has 0 N–H and O–H groups in total. The van der Waals surface area contributed by atoms with E-state index in [1.54, 1.807) is 28.6 Å². The number of piperidine rings is 1. The Kier molecular flexibility index (Phi) is 6.51. The van der Waals surface area contributed by atoms with Crippen LogP contribution in [0.15, 0.2) is 38.8 Å². The summed E-state index contributed by atoms with van der Waals surface area (Å²) < 4.78 is 33.4. The SMILES string of the molecule is CC1(C)C[C@H]2C[C@](C)(CN2C(=O)CSc2nnc(-c3cccc(S(=O)(=O)N4CCCCC4)c3)o2)C1. The maximum absolute atomic E-state index is 13.0. The van der Waals surface area contributed by atoms with Gasteiger partial charge in [0.1, 0.15) is 0 Å². The predicted octanol–water partition coefficient (Wildman–Crippen LogP) is 4.43. The highest BCUT2D eigenvalue weighted by molar-refractivity contribution is 7.99. The lowest BCUT2D eigenvalue weighted by atomic mass is 9.65. The number of hydrogen-bond acceptors (Lipinski definition) is 7. The second-order valence-corrected chi connectivity index (χ2v) is 14.3. The topological polar surface area (TPSA) is 96.6 Å². The molecule has 190 valence electrons. The Hall–Kier alpha value is -1.91. The van der Waals surface area contributed by atoms with Crippen molar-refractivity contribution in [1.29, 1.82) is 0 Å².